The summed E-state index contributed by atoms with van der Waals surface area (Å²) in [6, 6.07) is 19.1. The zero-order valence-corrected chi connectivity index (χ0v) is 19.1. The van der Waals surface area contributed by atoms with Crippen molar-refractivity contribution in [2.24, 2.45) is 0 Å². The van der Waals surface area contributed by atoms with Gasteiger partial charge in [-0.1, -0.05) is 30.3 Å². The Balaban J connectivity index is 1.59. The lowest BCUT2D eigenvalue weighted by Crippen LogP contribution is -2.47. The fraction of sp³-hybridized carbons (Fsp3) is 0.259. The highest BCUT2D eigenvalue weighted by molar-refractivity contribution is 6.22. The van der Waals surface area contributed by atoms with E-state index in [0.29, 0.717) is 30.2 Å². The Morgan fingerprint density at radius 1 is 0.912 bits per heavy atom. The van der Waals surface area contributed by atoms with Crippen LogP contribution in [0.3, 0.4) is 0 Å². The second-order valence-corrected chi connectivity index (χ2v) is 8.51. The van der Waals surface area contributed by atoms with Crippen LogP contribution in [0.4, 0.5) is 5.69 Å². The normalized spacial score (nSPS) is 20.4. The van der Waals surface area contributed by atoms with Crippen LogP contribution in [-0.2, 0) is 16.0 Å². The van der Waals surface area contributed by atoms with Crippen molar-refractivity contribution < 1.29 is 24.2 Å². The van der Waals surface area contributed by atoms with Gasteiger partial charge in [-0.25, -0.2) is 4.90 Å². The lowest BCUT2D eigenvalue weighted by molar-refractivity contribution is -0.123. The Morgan fingerprint density at radius 3 is 2.26 bits per heavy atom. The van der Waals surface area contributed by atoms with Gasteiger partial charge in [-0.3, -0.25) is 14.5 Å². The number of hydrogen-bond acceptors (Lipinski definition) is 6. The van der Waals surface area contributed by atoms with Gasteiger partial charge in [-0.15, -0.1) is 0 Å². The molecule has 0 bridgehead atoms. The fourth-order valence-electron chi connectivity index (χ4n) is 5.05. The Labute approximate surface area is 198 Å². The summed E-state index contributed by atoms with van der Waals surface area (Å²) < 4.78 is 11.1. The van der Waals surface area contributed by atoms with Gasteiger partial charge in [-0.2, -0.15) is 0 Å². The zero-order valence-electron chi connectivity index (χ0n) is 19.1. The van der Waals surface area contributed by atoms with E-state index in [1.807, 2.05) is 42.5 Å². The van der Waals surface area contributed by atoms with Gasteiger partial charge in [0.15, 0.2) is 11.5 Å². The third-order valence-electron chi connectivity index (χ3n) is 6.66. The van der Waals surface area contributed by atoms with Crippen LogP contribution < -0.4 is 14.4 Å². The summed E-state index contributed by atoms with van der Waals surface area (Å²) in [5.74, 6) is 1.00. The molecule has 0 aromatic heterocycles. The predicted octanol–water partition coefficient (Wildman–Crippen LogP) is 3.69. The quantitative estimate of drug-likeness (QED) is 0.588. The first-order chi connectivity index (χ1) is 16.5. The fourth-order valence-corrected chi connectivity index (χ4v) is 5.05. The van der Waals surface area contributed by atoms with E-state index in [2.05, 4.69) is 4.90 Å². The number of phenolic OH excluding ortho intramolecular Hbond substituents is 1. The first-order valence-electron chi connectivity index (χ1n) is 11.2. The molecule has 2 atom stereocenters. The molecular weight excluding hydrogens is 432 g/mol. The number of imide groups is 1. The number of carbonyl (C=O) groups excluding carboxylic acids is 2. The Kier molecular flexibility index (Phi) is 5.71. The molecule has 3 aromatic rings. The zero-order chi connectivity index (χ0) is 23.8. The number of carbonyl (C=O) groups is 2. The van der Waals surface area contributed by atoms with E-state index in [9.17, 15) is 14.7 Å². The Bertz CT molecular complexity index is 1230. The van der Waals surface area contributed by atoms with Gasteiger partial charge < -0.3 is 14.6 Å². The van der Waals surface area contributed by atoms with Crippen molar-refractivity contribution in [3.05, 3.63) is 83.4 Å². The molecule has 1 N–H and O–H groups in total. The number of nitrogens with zero attached hydrogens (tertiary/aromatic N) is 2. The lowest BCUT2D eigenvalue weighted by Gasteiger charge is -2.40. The minimum absolute atomic E-state index is 0.116. The molecular formula is C27H26N2O5. The predicted molar refractivity (Wildman–Crippen MR) is 127 cm³/mol. The van der Waals surface area contributed by atoms with E-state index in [0.717, 1.165) is 16.7 Å². The molecule has 0 aliphatic carbocycles. The van der Waals surface area contributed by atoms with Gasteiger partial charge in [0.05, 0.1) is 38.4 Å². The number of benzene rings is 3. The summed E-state index contributed by atoms with van der Waals surface area (Å²) in [5.41, 5.74) is 3.60. The number of para-hydroxylation sites is 1. The van der Waals surface area contributed by atoms with Crippen LogP contribution >= 0.6 is 0 Å². The third-order valence-corrected chi connectivity index (χ3v) is 6.66. The molecule has 7 heteroatoms. The summed E-state index contributed by atoms with van der Waals surface area (Å²) in [6.45, 7) is 0.598. The van der Waals surface area contributed by atoms with E-state index in [1.54, 1.807) is 38.5 Å². The molecule has 2 heterocycles. The van der Waals surface area contributed by atoms with Crippen LogP contribution in [0.15, 0.2) is 66.7 Å². The van der Waals surface area contributed by atoms with Gasteiger partial charge in [-0.05, 0) is 59.5 Å². The SMILES string of the molecule is COc1cc2c(cc1OC)C(c1ccc(O)cc1)N(C1CC(=O)N(c3ccccc3)C1=O)CC2. The summed E-state index contributed by atoms with van der Waals surface area (Å²) >= 11 is 0. The van der Waals surface area contributed by atoms with Crippen LogP contribution in [0.1, 0.15) is 29.2 Å². The minimum Gasteiger partial charge on any atom is -0.508 e. The topological polar surface area (TPSA) is 79.3 Å². The highest BCUT2D eigenvalue weighted by Crippen LogP contribution is 2.43. The Hall–Kier alpha value is -3.84. The highest BCUT2D eigenvalue weighted by atomic mass is 16.5. The molecule has 1 fully saturated rings. The molecule has 2 amide bonds. The number of anilines is 1. The molecule has 2 aliphatic rings. The van der Waals surface area contributed by atoms with Crippen molar-refractivity contribution in [3.63, 3.8) is 0 Å². The number of amides is 2. The lowest BCUT2D eigenvalue weighted by atomic mass is 9.86. The van der Waals surface area contributed by atoms with Crippen LogP contribution in [0.5, 0.6) is 17.2 Å². The van der Waals surface area contributed by atoms with E-state index >= 15 is 0 Å². The average molecular weight is 459 g/mol. The first kappa shape index (κ1) is 22.0. The molecule has 7 nitrogen and oxygen atoms in total. The van der Waals surface area contributed by atoms with Crippen LogP contribution in [0.2, 0.25) is 0 Å². The van der Waals surface area contributed by atoms with Crippen molar-refractivity contribution >= 4 is 17.5 Å². The summed E-state index contributed by atoms with van der Waals surface area (Å²) in [7, 11) is 3.20. The van der Waals surface area contributed by atoms with E-state index < -0.39 is 6.04 Å². The van der Waals surface area contributed by atoms with Crippen molar-refractivity contribution in [1.29, 1.82) is 0 Å². The summed E-state index contributed by atoms with van der Waals surface area (Å²) in [4.78, 5) is 29.9. The van der Waals surface area contributed by atoms with E-state index in [1.165, 1.54) is 4.90 Å². The van der Waals surface area contributed by atoms with Gasteiger partial charge in [0.2, 0.25) is 5.91 Å². The van der Waals surface area contributed by atoms with Gasteiger partial charge in [0.25, 0.3) is 5.91 Å². The molecule has 174 valence electrons. The third kappa shape index (κ3) is 3.68. The smallest absolute Gasteiger partial charge is 0.251 e. The van der Waals surface area contributed by atoms with E-state index in [4.69, 9.17) is 9.47 Å². The number of fused-ring (bicyclic) bond motifs is 1. The van der Waals surface area contributed by atoms with Crippen molar-refractivity contribution in [2.75, 3.05) is 25.7 Å². The second kappa shape index (κ2) is 8.83. The molecule has 0 spiro atoms. The van der Waals surface area contributed by atoms with Crippen LogP contribution in [0, 0.1) is 0 Å². The van der Waals surface area contributed by atoms with Crippen molar-refractivity contribution in [1.82, 2.24) is 4.90 Å². The molecule has 34 heavy (non-hydrogen) atoms. The Morgan fingerprint density at radius 2 is 1.59 bits per heavy atom. The number of hydrogen-bond donors (Lipinski definition) is 1. The van der Waals surface area contributed by atoms with Gasteiger partial charge in [0, 0.05) is 6.54 Å². The molecule has 2 unspecified atom stereocenters. The van der Waals surface area contributed by atoms with Crippen molar-refractivity contribution in [2.45, 2.75) is 24.9 Å². The summed E-state index contributed by atoms with van der Waals surface area (Å²) in [5, 5.41) is 9.86. The monoisotopic (exact) mass is 458 g/mol. The molecule has 0 radical (unpaired) electrons. The summed E-state index contributed by atoms with van der Waals surface area (Å²) in [6.07, 6.45) is 0.818. The molecule has 3 aromatic carbocycles. The molecule has 0 saturated carbocycles. The molecule has 5 rings (SSSR count). The van der Waals surface area contributed by atoms with Gasteiger partial charge >= 0.3 is 0 Å². The molecule has 2 aliphatic heterocycles. The first-order valence-corrected chi connectivity index (χ1v) is 11.2. The van der Waals surface area contributed by atoms with Gasteiger partial charge in [0.1, 0.15) is 5.75 Å². The maximum absolute atomic E-state index is 13.6. The van der Waals surface area contributed by atoms with Crippen LogP contribution in [0.25, 0.3) is 0 Å². The average Bonchev–Trinajstić information content (AvgIpc) is 3.16. The maximum Gasteiger partial charge on any atom is 0.251 e. The number of phenols is 1. The van der Waals surface area contributed by atoms with Crippen LogP contribution in [-0.4, -0.2) is 48.6 Å². The highest BCUT2D eigenvalue weighted by Gasteiger charge is 2.46. The number of ether oxygens (including phenoxy) is 2. The second-order valence-electron chi connectivity index (χ2n) is 8.51. The minimum atomic E-state index is -0.590. The standard InChI is InChI=1S/C27H26N2O5/c1-33-23-14-18-12-13-28(22-16-25(31)29(27(22)32)19-6-4-3-5-7-19)26(21(18)15-24(23)34-2)17-8-10-20(30)11-9-17/h3-11,14-15,22,26,30H,12-13,16H2,1-2H3. The number of aromatic hydroxyl groups is 1. The number of rotatable bonds is 5. The van der Waals surface area contributed by atoms with E-state index in [-0.39, 0.29) is 30.0 Å². The molecule has 1 saturated heterocycles. The largest absolute Gasteiger partial charge is 0.508 e. The number of methoxy groups -OCH3 is 2. The maximum atomic E-state index is 13.6. The van der Waals surface area contributed by atoms with Crippen molar-refractivity contribution in [3.8, 4) is 17.2 Å².